The molecule has 8 nitrogen and oxygen atoms in total. The third-order valence-electron chi connectivity index (χ3n) is 3.73. The lowest BCUT2D eigenvalue weighted by molar-refractivity contribution is -0.389. The number of carbonyl (C=O) groups excluding carboxylic acids is 1. The molecule has 140 valence electrons. The zero-order valence-electron chi connectivity index (χ0n) is 14.4. The molecule has 0 aliphatic rings. The van der Waals surface area contributed by atoms with Crippen molar-refractivity contribution in [2.75, 3.05) is 5.32 Å². The second kappa shape index (κ2) is 7.89. The second-order valence-corrected chi connectivity index (χ2v) is 5.83. The molecule has 1 aromatic carbocycles. The molecule has 1 amide bonds. The van der Waals surface area contributed by atoms with Crippen LogP contribution in [0.4, 0.5) is 20.3 Å². The molecular formula is C16H18F2N4O4. The van der Waals surface area contributed by atoms with Crippen LogP contribution in [0.2, 0.25) is 0 Å². The number of nitrogens with one attached hydrogen (secondary N) is 1. The van der Waals surface area contributed by atoms with Crippen LogP contribution in [-0.2, 0) is 11.3 Å². The van der Waals surface area contributed by atoms with Crippen LogP contribution in [0.15, 0.2) is 24.3 Å². The molecule has 10 heteroatoms. The van der Waals surface area contributed by atoms with Crippen molar-refractivity contribution in [2.45, 2.75) is 33.9 Å². The number of hydrogen-bond acceptors (Lipinski definition) is 5. The summed E-state index contributed by atoms with van der Waals surface area (Å²) < 4.78 is 30.1. The van der Waals surface area contributed by atoms with Crippen molar-refractivity contribution < 1.29 is 23.2 Å². The van der Waals surface area contributed by atoms with Crippen LogP contribution in [-0.4, -0.2) is 27.2 Å². The average molecular weight is 368 g/mol. The van der Waals surface area contributed by atoms with E-state index in [2.05, 4.69) is 15.2 Å². The molecule has 0 saturated carbocycles. The van der Waals surface area contributed by atoms with Crippen molar-refractivity contribution in [1.29, 1.82) is 0 Å². The summed E-state index contributed by atoms with van der Waals surface area (Å²) in [6.07, 6.45) is 0. The van der Waals surface area contributed by atoms with Gasteiger partial charge in [-0.15, -0.1) is 0 Å². The van der Waals surface area contributed by atoms with Crippen molar-refractivity contribution in [3.05, 3.63) is 45.6 Å². The van der Waals surface area contributed by atoms with Crippen LogP contribution in [0.25, 0.3) is 0 Å². The third kappa shape index (κ3) is 4.74. The molecule has 0 spiro atoms. The molecule has 0 aliphatic heterocycles. The van der Waals surface area contributed by atoms with Gasteiger partial charge in [0.15, 0.2) is 0 Å². The molecule has 2 rings (SSSR count). The van der Waals surface area contributed by atoms with Crippen molar-refractivity contribution in [3.63, 3.8) is 0 Å². The van der Waals surface area contributed by atoms with Crippen LogP contribution in [0.3, 0.4) is 0 Å². The van der Waals surface area contributed by atoms with Gasteiger partial charge in [-0.2, -0.15) is 13.5 Å². The molecule has 2 aromatic rings. The van der Waals surface area contributed by atoms with E-state index in [0.717, 1.165) is 0 Å². The number of benzene rings is 1. The van der Waals surface area contributed by atoms with Gasteiger partial charge in [0, 0.05) is 5.69 Å². The fourth-order valence-electron chi connectivity index (χ4n) is 2.32. The van der Waals surface area contributed by atoms with Crippen molar-refractivity contribution in [1.82, 2.24) is 9.78 Å². The predicted molar refractivity (Wildman–Crippen MR) is 89.2 cm³/mol. The van der Waals surface area contributed by atoms with E-state index in [1.807, 2.05) is 0 Å². The monoisotopic (exact) mass is 368 g/mol. The first-order valence-corrected chi connectivity index (χ1v) is 7.72. The number of anilines is 1. The summed E-state index contributed by atoms with van der Waals surface area (Å²) in [5.74, 6) is -1.12. The SMILES string of the molecule is Cc1cc(OC(F)F)ccc1NC(=O)C(C)Cn1nc([N+](=O)[O-])cc1C. The number of ether oxygens (including phenoxy) is 1. The molecule has 0 aliphatic carbocycles. The van der Waals surface area contributed by atoms with E-state index in [9.17, 15) is 23.7 Å². The van der Waals surface area contributed by atoms with Gasteiger partial charge in [0.25, 0.3) is 0 Å². The summed E-state index contributed by atoms with van der Waals surface area (Å²) in [5.41, 5.74) is 1.60. The Bertz CT molecular complexity index is 823. The van der Waals surface area contributed by atoms with E-state index >= 15 is 0 Å². The second-order valence-electron chi connectivity index (χ2n) is 5.83. The minimum Gasteiger partial charge on any atom is -0.435 e. The number of nitro groups is 1. The number of rotatable bonds is 7. The van der Waals surface area contributed by atoms with Crippen molar-refractivity contribution in [3.8, 4) is 5.75 Å². The molecule has 1 atom stereocenters. The Morgan fingerprint density at radius 2 is 2.08 bits per heavy atom. The highest BCUT2D eigenvalue weighted by atomic mass is 19.3. The van der Waals surface area contributed by atoms with Gasteiger partial charge in [0.05, 0.1) is 29.3 Å². The number of halogens is 2. The lowest BCUT2D eigenvalue weighted by Crippen LogP contribution is -2.25. The summed E-state index contributed by atoms with van der Waals surface area (Å²) in [7, 11) is 0. The molecule has 0 fully saturated rings. The Kier molecular flexibility index (Phi) is 5.86. The van der Waals surface area contributed by atoms with E-state index in [0.29, 0.717) is 16.9 Å². The Morgan fingerprint density at radius 3 is 2.62 bits per heavy atom. The average Bonchev–Trinajstić information content (AvgIpc) is 2.90. The number of aryl methyl sites for hydroxylation is 2. The minimum atomic E-state index is -2.92. The van der Waals surface area contributed by atoms with E-state index in [-0.39, 0.29) is 24.0 Å². The number of nitrogens with zero attached hydrogens (tertiary/aromatic N) is 3. The van der Waals surface area contributed by atoms with Gasteiger partial charge in [-0.05, 0) is 42.5 Å². The molecule has 0 saturated heterocycles. The Hall–Kier alpha value is -3.04. The normalized spacial score (nSPS) is 12.1. The van der Waals surface area contributed by atoms with Gasteiger partial charge >= 0.3 is 12.4 Å². The summed E-state index contributed by atoms with van der Waals surface area (Å²) in [6.45, 7) is 2.22. The highest BCUT2D eigenvalue weighted by Crippen LogP contribution is 2.23. The highest BCUT2D eigenvalue weighted by Gasteiger charge is 2.21. The zero-order valence-corrected chi connectivity index (χ0v) is 14.4. The molecule has 26 heavy (non-hydrogen) atoms. The first-order chi connectivity index (χ1) is 12.2. The fourth-order valence-corrected chi connectivity index (χ4v) is 2.32. The number of amides is 1. The lowest BCUT2D eigenvalue weighted by atomic mass is 10.1. The van der Waals surface area contributed by atoms with Crippen LogP contribution in [0, 0.1) is 29.9 Å². The minimum absolute atomic E-state index is 0.00280. The molecule has 1 N–H and O–H groups in total. The largest absolute Gasteiger partial charge is 0.435 e. The predicted octanol–water partition coefficient (Wildman–Crippen LogP) is 3.28. The third-order valence-corrected chi connectivity index (χ3v) is 3.73. The summed E-state index contributed by atoms with van der Waals surface area (Å²) >= 11 is 0. The smallest absolute Gasteiger partial charge is 0.390 e. The van der Waals surface area contributed by atoms with Gasteiger partial charge in [-0.1, -0.05) is 6.92 Å². The number of alkyl halides is 2. The number of hydrogen-bond donors (Lipinski definition) is 1. The van der Waals surface area contributed by atoms with Crippen LogP contribution in [0.1, 0.15) is 18.2 Å². The summed E-state index contributed by atoms with van der Waals surface area (Å²) in [6, 6.07) is 5.53. The molecular weight excluding hydrogens is 350 g/mol. The van der Waals surface area contributed by atoms with Gasteiger partial charge in [0.1, 0.15) is 5.75 Å². The van der Waals surface area contributed by atoms with E-state index in [1.165, 1.54) is 28.9 Å². The molecule has 0 radical (unpaired) electrons. The maximum atomic E-state index is 12.3. The van der Waals surface area contributed by atoms with Crippen molar-refractivity contribution >= 4 is 17.4 Å². The molecule has 1 unspecified atom stereocenters. The molecule has 1 aromatic heterocycles. The topological polar surface area (TPSA) is 99.3 Å². The van der Waals surface area contributed by atoms with Gasteiger partial charge < -0.3 is 20.2 Å². The van der Waals surface area contributed by atoms with Crippen molar-refractivity contribution in [2.24, 2.45) is 5.92 Å². The molecule has 1 heterocycles. The van der Waals surface area contributed by atoms with Gasteiger partial charge in [0.2, 0.25) is 5.91 Å². The standard InChI is InChI=1S/C16H18F2N4O4/c1-9-6-12(26-16(17)18)4-5-13(9)19-15(23)10(2)8-21-11(3)7-14(20-21)22(24)25/h4-7,10,16H,8H2,1-3H3,(H,19,23). The van der Waals surface area contributed by atoms with Gasteiger partial charge in [-0.3, -0.25) is 4.79 Å². The fraction of sp³-hybridized carbons (Fsp3) is 0.375. The quantitative estimate of drug-likeness (QED) is 0.597. The molecule has 0 bridgehead atoms. The zero-order chi connectivity index (χ0) is 19.4. The van der Waals surface area contributed by atoms with E-state index < -0.39 is 17.5 Å². The van der Waals surface area contributed by atoms with Crippen LogP contribution in [0.5, 0.6) is 5.75 Å². The Morgan fingerprint density at radius 1 is 1.38 bits per heavy atom. The highest BCUT2D eigenvalue weighted by molar-refractivity contribution is 5.93. The maximum Gasteiger partial charge on any atom is 0.390 e. The maximum absolute atomic E-state index is 12.3. The van der Waals surface area contributed by atoms with Crippen LogP contribution >= 0.6 is 0 Å². The van der Waals surface area contributed by atoms with E-state index in [4.69, 9.17) is 0 Å². The van der Waals surface area contributed by atoms with E-state index in [1.54, 1.807) is 20.8 Å². The summed E-state index contributed by atoms with van der Waals surface area (Å²) in [4.78, 5) is 22.5. The van der Waals surface area contributed by atoms with Gasteiger partial charge in [-0.25, -0.2) is 0 Å². The lowest BCUT2D eigenvalue weighted by Gasteiger charge is -2.14. The first-order valence-electron chi connectivity index (χ1n) is 7.72. The Balaban J connectivity index is 2.04. The first kappa shape index (κ1) is 19.3. The number of aromatic nitrogens is 2. The number of carbonyl (C=O) groups is 1. The summed E-state index contributed by atoms with van der Waals surface area (Å²) in [5, 5.41) is 17.3. The van der Waals surface area contributed by atoms with Crippen LogP contribution < -0.4 is 10.1 Å². The Labute approximate surface area is 147 Å².